The highest BCUT2D eigenvalue weighted by Gasteiger charge is 2.26. The number of hydrogen-bond acceptors (Lipinski definition) is 7. The predicted octanol–water partition coefficient (Wildman–Crippen LogP) is 6.18. The summed E-state index contributed by atoms with van der Waals surface area (Å²) in [6, 6.07) is 19.3. The van der Waals surface area contributed by atoms with E-state index in [2.05, 4.69) is 26.1 Å². The highest BCUT2D eigenvalue weighted by molar-refractivity contribution is 9.10. The van der Waals surface area contributed by atoms with Crippen molar-refractivity contribution in [1.82, 2.24) is 14.8 Å². The number of nitro groups is 1. The molecule has 0 saturated carbocycles. The van der Waals surface area contributed by atoms with Crippen molar-refractivity contribution in [3.63, 3.8) is 0 Å². The van der Waals surface area contributed by atoms with Crippen molar-refractivity contribution >= 4 is 27.7 Å². The summed E-state index contributed by atoms with van der Waals surface area (Å²) in [5.74, 6) is 1.03. The molecule has 0 amide bonds. The number of nitrogens with zero attached hydrogens (tertiary/aromatic N) is 4. The van der Waals surface area contributed by atoms with Gasteiger partial charge >= 0.3 is 0 Å². The van der Waals surface area contributed by atoms with E-state index in [9.17, 15) is 14.5 Å². The lowest BCUT2D eigenvalue weighted by atomic mass is 10.1. The molecule has 0 bridgehead atoms. The van der Waals surface area contributed by atoms with Gasteiger partial charge in [-0.25, -0.2) is 4.39 Å². The Labute approximate surface area is 219 Å². The first kappa shape index (κ1) is 25.6. The number of halogens is 2. The molecule has 0 radical (unpaired) electrons. The number of thioether (sulfide) groups is 1. The standard InChI is InChI=1S/C25H22BrFN4O4S/c1-16-28-29-25(31(16)19-9-4-3-5-10-19)36-23(14-30(32)33)18-12-20(26)24(22(13-18)34-2)35-15-17-8-6-7-11-21(17)27/h3-13,23H,14-15H2,1-2H3/t23-/m1/s1. The third kappa shape index (κ3) is 5.85. The Bertz CT molecular complexity index is 1370. The van der Waals surface area contributed by atoms with Gasteiger partial charge in [-0.1, -0.05) is 48.2 Å². The Balaban J connectivity index is 1.65. The maximum absolute atomic E-state index is 14.0. The van der Waals surface area contributed by atoms with E-state index < -0.39 is 5.25 Å². The van der Waals surface area contributed by atoms with E-state index >= 15 is 0 Å². The monoisotopic (exact) mass is 572 g/mol. The molecule has 0 aliphatic rings. The average Bonchev–Trinajstić information content (AvgIpc) is 3.23. The van der Waals surface area contributed by atoms with Crippen LogP contribution in [0.4, 0.5) is 4.39 Å². The molecule has 0 fully saturated rings. The van der Waals surface area contributed by atoms with E-state index in [1.54, 1.807) is 30.3 Å². The number of rotatable bonds is 10. The first-order valence-electron chi connectivity index (χ1n) is 10.9. The zero-order chi connectivity index (χ0) is 25.7. The Morgan fingerprint density at radius 1 is 1.14 bits per heavy atom. The van der Waals surface area contributed by atoms with Crippen molar-refractivity contribution in [2.45, 2.75) is 23.9 Å². The molecule has 0 aliphatic carbocycles. The third-order valence-corrected chi connectivity index (χ3v) is 7.10. The molecule has 1 atom stereocenters. The van der Waals surface area contributed by atoms with E-state index in [1.807, 2.05) is 41.8 Å². The Kier molecular flexibility index (Phi) is 8.21. The maximum atomic E-state index is 14.0. The van der Waals surface area contributed by atoms with Gasteiger partial charge in [0.2, 0.25) is 6.54 Å². The largest absolute Gasteiger partial charge is 0.493 e. The van der Waals surface area contributed by atoms with Crippen LogP contribution in [-0.2, 0) is 6.61 Å². The SMILES string of the molecule is COc1cc([C@@H](C[N+](=O)[O-])Sc2nnc(C)n2-c2ccccc2)cc(Br)c1OCc1ccccc1F. The van der Waals surface area contributed by atoms with Crippen molar-refractivity contribution < 1.29 is 18.8 Å². The van der Waals surface area contributed by atoms with Gasteiger partial charge in [-0.15, -0.1) is 10.2 Å². The molecular formula is C25H22BrFN4O4S. The van der Waals surface area contributed by atoms with Gasteiger partial charge in [0.25, 0.3) is 0 Å². The smallest absolute Gasteiger partial charge is 0.220 e. The van der Waals surface area contributed by atoms with Crippen LogP contribution in [0.3, 0.4) is 0 Å². The van der Waals surface area contributed by atoms with Crippen LogP contribution >= 0.6 is 27.7 Å². The normalized spacial score (nSPS) is 11.8. The lowest BCUT2D eigenvalue weighted by Crippen LogP contribution is -2.12. The molecular weight excluding hydrogens is 551 g/mol. The van der Waals surface area contributed by atoms with E-state index in [-0.39, 0.29) is 23.9 Å². The van der Waals surface area contributed by atoms with Gasteiger partial charge in [0.1, 0.15) is 23.5 Å². The lowest BCUT2D eigenvalue weighted by Gasteiger charge is -2.18. The summed E-state index contributed by atoms with van der Waals surface area (Å²) in [7, 11) is 1.48. The van der Waals surface area contributed by atoms with Crippen LogP contribution in [0.25, 0.3) is 5.69 Å². The minimum Gasteiger partial charge on any atom is -0.493 e. The number of ether oxygens (including phenoxy) is 2. The number of aryl methyl sites for hydroxylation is 1. The quantitative estimate of drug-likeness (QED) is 0.127. The van der Waals surface area contributed by atoms with Gasteiger partial charge in [-0.2, -0.15) is 0 Å². The molecule has 4 rings (SSSR count). The molecule has 8 nitrogen and oxygen atoms in total. The molecule has 0 aliphatic heterocycles. The second-order valence-electron chi connectivity index (χ2n) is 7.74. The summed E-state index contributed by atoms with van der Waals surface area (Å²) < 4.78 is 27.8. The summed E-state index contributed by atoms with van der Waals surface area (Å²) in [5, 5.41) is 20.0. The van der Waals surface area contributed by atoms with Crippen LogP contribution in [0.15, 0.2) is 76.4 Å². The molecule has 0 unspecified atom stereocenters. The van der Waals surface area contributed by atoms with Gasteiger partial charge in [0.05, 0.1) is 11.6 Å². The minimum absolute atomic E-state index is 0.00643. The van der Waals surface area contributed by atoms with Crippen molar-refractivity contribution in [1.29, 1.82) is 0 Å². The summed E-state index contributed by atoms with van der Waals surface area (Å²) in [6.45, 7) is 1.47. The van der Waals surface area contributed by atoms with E-state index in [4.69, 9.17) is 9.47 Å². The molecule has 3 aromatic carbocycles. The third-order valence-electron chi connectivity index (χ3n) is 5.33. The van der Waals surface area contributed by atoms with Crippen LogP contribution in [-0.4, -0.2) is 33.3 Å². The molecule has 1 heterocycles. The lowest BCUT2D eigenvalue weighted by molar-refractivity contribution is -0.479. The van der Waals surface area contributed by atoms with Crippen molar-refractivity contribution in [3.8, 4) is 17.2 Å². The molecule has 0 saturated heterocycles. The Hall–Kier alpha value is -3.44. The highest BCUT2D eigenvalue weighted by Crippen LogP contribution is 2.43. The molecule has 36 heavy (non-hydrogen) atoms. The highest BCUT2D eigenvalue weighted by atomic mass is 79.9. The van der Waals surface area contributed by atoms with Gasteiger partial charge in [0.15, 0.2) is 16.7 Å². The molecule has 11 heteroatoms. The number of aromatic nitrogens is 3. The molecule has 0 N–H and O–H groups in total. The summed E-state index contributed by atoms with van der Waals surface area (Å²) >= 11 is 4.73. The van der Waals surface area contributed by atoms with Gasteiger partial charge in [-0.3, -0.25) is 14.7 Å². The van der Waals surface area contributed by atoms with E-state index in [0.717, 1.165) is 5.69 Å². The summed E-state index contributed by atoms with van der Waals surface area (Å²) in [6.07, 6.45) is 0. The number of hydrogen-bond donors (Lipinski definition) is 0. The summed E-state index contributed by atoms with van der Waals surface area (Å²) in [4.78, 5) is 11.2. The predicted molar refractivity (Wildman–Crippen MR) is 138 cm³/mol. The van der Waals surface area contributed by atoms with Crippen LogP contribution < -0.4 is 9.47 Å². The first-order chi connectivity index (χ1) is 17.4. The second kappa shape index (κ2) is 11.5. The molecule has 186 valence electrons. The Morgan fingerprint density at radius 3 is 2.56 bits per heavy atom. The van der Waals surface area contributed by atoms with Gasteiger partial charge in [-0.05, 0) is 58.7 Å². The fourth-order valence-electron chi connectivity index (χ4n) is 3.60. The van der Waals surface area contributed by atoms with Crippen LogP contribution in [0, 0.1) is 22.9 Å². The maximum Gasteiger partial charge on any atom is 0.220 e. The minimum atomic E-state index is -0.600. The molecule has 1 aromatic heterocycles. The number of benzene rings is 3. The fraction of sp³-hybridized carbons (Fsp3) is 0.200. The van der Waals surface area contributed by atoms with Crippen molar-refractivity contribution in [3.05, 3.63) is 104 Å². The van der Waals surface area contributed by atoms with Gasteiger partial charge in [0, 0.05) is 16.2 Å². The van der Waals surface area contributed by atoms with Crippen LogP contribution in [0.1, 0.15) is 22.2 Å². The van der Waals surface area contributed by atoms with Crippen LogP contribution in [0.5, 0.6) is 11.5 Å². The van der Waals surface area contributed by atoms with Crippen LogP contribution in [0.2, 0.25) is 0 Å². The van der Waals surface area contributed by atoms with Crippen molar-refractivity contribution in [2.75, 3.05) is 13.7 Å². The first-order valence-corrected chi connectivity index (χ1v) is 12.5. The van der Waals surface area contributed by atoms with Crippen molar-refractivity contribution in [2.24, 2.45) is 0 Å². The second-order valence-corrected chi connectivity index (χ2v) is 9.76. The summed E-state index contributed by atoms with van der Waals surface area (Å²) in [5.41, 5.74) is 1.89. The zero-order valence-electron chi connectivity index (χ0n) is 19.4. The zero-order valence-corrected chi connectivity index (χ0v) is 21.8. The fourth-order valence-corrected chi connectivity index (χ4v) is 5.33. The molecule has 4 aromatic rings. The molecule has 0 spiro atoms. The van der Waals surface area contributed by atoms with E-state index in [0.29, 0.717) is 38.1 Å². The topological polar surface area (TPSA) is 92.3 Å². The Morgan fingerprint density at radius 2 is 1.86 bits per heavy atom. The van der Waals surface area contributed by atoms with Gasteiger partial charge < -0.3 is 9.47 Å². The number of para-hydroxylation sites is 1. The number of methoxy groups -OCH3 is 1. The van der Waals surface area contributed by atoms with E-state index in [1.165, 1.54) is 24.9 Å². The average molecular weight is 573 g/mol.